The summed E-state index contributed by atoms with van der Waals surface area (Å²) in [4.78, 5) is 2.46. The third-order valence-electron chi connectivity index (χ3n) is 3.60. The number of aliphatic hydroxyl groups excluding tert-OH is 1. The van der Waals surface area contributed by atoms with Crippen LogP contribution >= 0.6 is 27.3 Å². The summed E-state index contributed by atoms with van der Waals surface area (Å²) in [5.41, 5.74) is 2.25. The zero-order chi connectivity index (χ0) is 14.1. The molecule has 106 valence electrons. The zero-order valence-electron chi connectivity index (χ0n) is 11.4. The van der Waals surface area contributed by atoms with Gasteiger partial charge < -0.3 is 9.84 Å². The fraction of sp³-hybridized carbons (Fsp3) is 0.375. The van der Waals surface area contributed by atoms with Crippen LogP contribution in [0, 0.1) is 0 Å². The summed E-state index contributed by atoms with van der Waals surface area (Å²) in [6, 6.07) is 7.96. The molecule has 0 amide bonds. The predicted molar refractivity (Wildman–Crippen MR) is 85.7 cm³/mol. The van der Waals surface area contributed by atoms with Crippen molar-refractivity contribution in [3.8, 4) is 5.75 Å². The summed E-state index contributed by atoms with van der Waals surface area (Å²) in [6.07, 6.45) is 2.95. The summed E-state index contributed by atoms with van der Waals surface area (Å²) >= 11 is 5.21. The summed E-state index contributed by atoms with van der Waals surface area (Å²) in [7, 11) is 0. The summed E-state index contributed by atoms with van der Waals surface area (Å²) in [6.45, 7) is 2.56. The van der Waals surface area contributed by atoms with Crippen LogP contribution in [0.5, 0.6) is 5.75 Å². The van der Waals surface area contributed by atoms with Crippen LogP contribution in [-0.4, -0.2) is 11.7 Å². The molecule has 1 unspecified atom stereocenters. The Bertz CT molecular complexity index is 599. The number of fused-ring (bicyclic) bond motifs is 1. The number of ether oxygens (including phenoxy) is 1. The average Bonchev–Trinajstić information content (AvgIpc) is 3.01. The molecular weight excluding hydrogens is 336 g/mol. The molecule has 0 aliphatic heterocycles. The smallest absolute Gasteiger partial charge is 0.125 e. The van der Waals surface area contributed by atoms with E-state index in [0.717, 1.165) is 33.5 Å². The van der Waals surface area contributed by atoms with Crippen LogP contribution in [-0.2, 0) is 12.8 Å². The second-order valence-corrected chi connectivity index (χ2v) is 7.05. The lowest BCUT2D eigenvalue weighted by Crippen LogP contribution is -2.03. The van der Waals surface area contributed by atoms with Gasteiger partial charge in [-0.3, -0.25) is 0 Å². The Labute approximate surface area is 131 Å². The Balaban J connectivity index is 1.96. The van der Waals surface area contributed by atoms with Crippen LogP contribution in [0.15, 0.2) is 28.7 Å². The molecule has 0 fully saturated rings. The Morgan fingerprint density at radius 3 is 2.95 bits per heavy atom. The average molecular weight is 353 g/mol. The molecule has 1 heterocycles. The van der Waals surface area contributed by atoms with Crippen LogP contribution < -0.4 is 4.74 Å². The standard InChI is InChI=1S/C16H17BrO2S/c1-2-19-13-7-6-11(17)9-12(13)16(18)15-8-10-4-3-5-14(10)20-15/h6-9,16,18H,2-5H2,1H3. The Morgan fingerprint density at radius 1 is 1.35 bits per heavy atom. The van der Waals surface area contributed by atoms with E-state index >= 15 is 0 Å². The molecule has 1 N–H and O–H groups in total. The van der Waals surface area contributed by atoms with Gasteiger partial charge in [0.2, 0.25) is 0 Å². The lowest BCUT2D eigenvalue weighted by molar-refractivity contribution is 0.215. The van der Waals surface area contributed by atoms with Crippen molar-refractivity contribution in [3.63, 3.8) is 0 Å². The van der Waals surface area contributed by atoms with Gasteiger partial charge in [0.05, 0.1) is 6.61 Å². The van der Waals surface area contributed by atoms with E-state index in [2.05, 4.69) is 22.0 Å². The van der Waals surface area contributed by atoms with Crippen molar-refractivity contribution >= 4 is 27.3 Å². The number of rotatable bonds is 4. The van der Waals surface area contributed by atoms with Gasteiger partial charge in [0.1, 0.15) is 11.9 Å². The highest BCUT2D eigenvalue weighted by molar-refractivity contribution is 9.10. The predicted octanol–water partition coefficient (Wildman–Crippen LogP) is 4.48. The van der Waals surface area contributed by atoms with Gasteiger partial charge >= 0.3 is 0 Å². The third kappa shape index (κ3) is 2.65. The second kappa shape index (κ2) is 5.88. The van der Waals surface area contributed by atoms with E-state index < -0.39 is 6.10 Å². The molecule has 3 rings (SSSR count). The molecule has 1 aliphatic carbocycles. The first kappa shape index (κ1) is 14.1. The number of hydrogen-bond acceptors (Lipinski definition) is 3. The number of hydrogen-bond donors (Lipinski definition) is 1. The number of aryl methyl sites for hydroxylation is 2. The Hall–Kier alpha value is -0.840. The van der Waals surface area contributed by atoms with Crippen LogP contribution in [0.4, 0.5) is 0 Å². The van der Waals surface area contributed by atoms with Crippen molar-refractivity contribution in [3.05, 3.63) is 49.6 Å². The summed E-state index contributed by atoms with van der Waals surface area (Å²) in [5, 5.41) is 10.7. The Kier molecular flexibility index (Phi) is 4.15. The van der Waals surface area contributed by atoms with Gasteiger partial charge in [-0.15, -0.1) is 11.3 Å². The largest absolute Gasteiger partial charge is 0.493 e. The van der Waals surface area contributed by atoms with Crippen LogP contribution in [0.2, 0.25) is 0 Å². The zero-order valence-corrected chi connectivity index (χ0v) is 13.8. The van der Waals surface area contributed by atoms with Gasteiger partial charge in [-0.25, -0.2) is 0 Å². The minimum absolute atomic E-state index is 0.599. The molecule has 1 aromatic carbocycles. The first-order valence-corrected chi connectivity index (χ1v) is 8.51. The normalized spacial score (nSPS) is 15.2. The van der Waals surface area contributed by atoms with Crippen molar-refractivity contribution < 1.29 is 9.84 Å². The van der Waals surface area contributed by atoms with E-state index in [0.29, 0.717) is 6.61 Å². The molecule has 2 aromatic rings. The monoisotopic (exact) mass is 352 g/mol. The van der Waals surface area contributed by atoms with Gasteiger partial charge in [0, 0.05) is 19.8 Å². The van der Waals surface area contributed by atoms with Crippen molar-refractivity contribution in [2.75, 3.05) is 6.61 Å². The minimum Gasteiger partial charge on any atom is -0.493 e. The number of aliphatic hydroxyl groups is 1. The quantitative estimate of drug-likeness (QED) is 0.878. The first-order chi connectivity index (χ1) is 9.69. The minimum atomic E-state index is -0.607. The molecule has 0 spiro atoms. The highest BCUT2D eigenvalue weighted by Gasteiger charge is 2.22. The SMILES string of the molecule is CCOc1ccc(Br)cc1C(O)c1cc2c(s1)CCC2. The van der Waals surface area contributed by atoms with E-state index in [1.54, 1.807) is 11.3 Å². The fourth-order valence-electron chi connectivity index (χ4n) is 2.66. The van der Waals surface area contributed by atoms with Crippen LogP contribution in [0.25, 0.3) is 0 Å². The molecule has 20 heavy (non-hydrogen) atoms. The van der Waals surface area contributed by atoms with E-state index in [1.165, 1.54) is 16.9 Å². The molecular formula is C16H17BrO2S. The number of halogens is 1. The number of thiophene rings is 1. The number of benzene rings is 1. The van der Waals surface area contributed by atoms with Gasteiger partial charge in [0.15, 0.2) is 0 Å². The molecule has 0 bridgehead atoms. The first-order valence-electron chi connectivity index (χ1n) is 6.91. The van der Waals surface area contributed by atoms with Gasteiger partial charge in [0.25, 0.3) is 0 Å². The van der Waals surface area contributed by atoms with Crippen LogP contribution in [0.1, 0.15) is 40.3 Å². The molecule has 2 nitrogen and oxygen atoms in total. The van der Waals surface area contributed by atoms with E-state index in [4.69, 9.17) is 4.74 Å². The van der Waals surface area contributed by atoms with E-state index in [1.807, 2.05) is 25.1 Å². The van der Waals surface area contributed by atoms with E-state index in [9.17, 15) is 5.11 Å². The van der Waals surface area contributed by atoms with Crippen molar-refractivity contribution in [2.45, 2.75) is 32.3 Å². The van der Waals surface area contributed by atoms with Crippen molar-refractivity contribution in [1.29, 1.82) is 0 Å². The molecule has 0 saturated heterocycles. The van der Waals surface area contributed by atoms with Crippen molar-refractivity contribution in [1.82, 2.24) is 0 Å². The maximum atomic E-state index is 10.7. The Morgan fingerprint density at radius 2 is 2.20 bits per heavy atom. The second-order valence-electron chi connectivity index (χ2n) is 4.97. The molecule has 0 saturated carbocycles. The molecule has 1 aromatic heterocycles. The lowest BCUT2D eigenvalue weighted by Gasteiger charge is -2.15. The molecule has 0 radical (unpaired) electrons. The third-order valence-corrected chi connectivity index (χ3v) is 5.38. The highest BCUT2D eigenvalue weighted by Crippen LogP contribution is 2.39. The molecule has 1 atom stereocenters. The van der Waals surface area contributed by atoms with Crippen LogP contribution in [0.3, 0.4) is 0 Å². The lowest BCUT2D eigenvalue weighted by atomic mass is 10.1. The summed E-state index contributed by atoms with van der Waals surface area (Å²) in [5.74, 6) is 0.761. The summed E-state index contributed by atoms with van der Waals surface area (Å²) < 4.78 is 6.59. The van der Waals surface area contributed by atoms with E-state index in [-0.39, 0.29) is 0 Å². The maximum absolute atomic E-state index is 10.7. The fourth-order valence-corrected chi connectivity index (χ4v) is 4.30. The topological polar surface area (TPSA) is 29.5 Å². The van der Waals surface area contributed by atoms with Crippen molar-refractivity contribution in [2.24, 2.45) is 0 Å². The van der Waals surface area contributed by atoms with Gasteiger partial charge in [-0.1, -0.05) is 15.9 Å². The maximum Gasteiger partial charge on any atom is 0.125 e. The molecule has 4 heteroatoms. The van der Waals surface area contributed by atoms with Gasteiger partial charge in [-0.2, -0.15) is 0 Å². The highest BCUT2D eigenvalue weighted by atomic mass is 79.9. The molecule has 1 aliphatic rings. The van der Waals surface area contributed by atoms with Gasteiger partial charge in [-0.05, 0) is 56.0 Å².